The number of carbonyl (C=O) groups excluding carboxylic acids is 1. The second-order valence-electron chi connectivity index (χ2n) is 10.4. The van der Waals surface area contributed by atoms with Crippen molar-refractivity contribution in [1.82, 2.24) is 19.3 Å². The van der Waals surface area contributed by atoms with Crippen LogP contribution in [0.3, 0.4) is 0 Å². The first-order chi connectivity index (χ1) is 19.4. The molecule has 2 aliphatic heterocycles. The lowest BCUT2D eigenvalue weighted by Crippen LogP contribution is -2.48. The van der Waals surface area contributed by atoms with Crippen molar-refractivity contribution in [2.24, 2.45) is 17.6 Å². The van der Waals surface area contributed by atoms with Gasteiger partial charge >= 0.3 is 0 Å². The highest BCUT2D eigenvalue weighted by molar-refractivity contribution is 9.10. The number of hydrazone groups is 1. The topological polar surface area (TPSA) is 62.8 Å². The van der Waals surface area contributed by atoms with Gasteiger partial charge in [0.05, 0.1) is 29.1 Å². The van der Waals surface area contributed by atoms with E-state index in [2.05, 4.69) is 20.8 Å². The number of nitrogens with zero attached hydrogens (tertiary/aromatic N) is 5. The van der Waals surface area contributed by atoms with Crippen LogP contribution < -0.4 is 5.56 Å². The van der Waals surface area contributed by atoms with E-state index in [0.29, 0.717) is 43.5 Å². The molecule has 0 atom stereocenters. The molecule has 1 spiro atoms. The number of carbonyl (C=O) groups is 1. The average Bonchev–Trinajstić information content (AvgIpc) is 3.36. The van der Waals surface area contributed by atoms with Crippen molar-refractivity contribution in [3.05, 3.63) is 122 Å². The van der Waals surface area contributed by atoms with E-state index < -0.39 is 5.41 Å². The Morgan fingerprint density at radius 3 is 2.15 bits per heavy atom. The van der Waals surface area contributed by atoms with E-state index in [1.807, 2.05) is 72.4 Å². The molecular formula is C31H29BrFN5O2. The van der Waals surface area contributed by atoms with E-state index >= 15 is 0 Å². The molecule has 0 bridgehead atoms. The number of aromatic nitrogens is 2. The van der Waals surface area contributed by atoms with Gasteiger partial charge in [-0.15, -0.1) is 0 Å². The van der Waals surface area contributed by atoms with Crippen LogP contribution in [0.4, 0.5) is 4.39 Å². The Morgan fingerprint density at radius 1 is 0.875 bits per heavy atom. The molecule has 1 amide bonds. The number of hydrogen-bond donors (Lipinski definition) is 0. The zero-order valence-electron chi connectivity index (χ0n) is 22.1. The molecular weight excluding hydrogens is 573 g/mol. The minimum absolute atomic E-state index is 0.0147. The standard InChI is InChI=1S/C31H29BrFN5O2/c1-35-26(27(32)29(39)38(35)25-10-6-3-7-11-25)21-36-18-16-31(17-19-36)28(23-8-4-2-5-9-23)34-37(30(31)40)20-22-12-14-24(33)15-13-22/h2-15H,16-21H2,1H3. The van der Waals surface area contributed by atoms with Gasteiger partial charge in [-0.2, -0.15) is 5.10 Å². The third kappa shape index (κ3) is 4.63. The third-order valence-electron chi connectivity index (χ3n) is 8.02. The Balaban J connectivity index is 1.25. The molecule has 0 unspecified atom stereocenters. The molecule has 0 aliphatic carbocycles. The van der Waals surface area contributed by atoms with Gasteiger partial charge in [-0.3, -0.25) is 19.2 Å². The Kier molecular flexibility index (Phi) is 7.02. The zero-order valence-corrected chi connectivity index (χ0v) is 23.7. The minimum atomic E-state index is -0.725. The Labute approximate surface area is 240 Å². The van der Waals surface area contributed by atoms with Crippen molar-refractivity contribution in [2.45, 2.75) is 25.9 Å². The summed E-state index contributed by atoms with van der Waals surface area (Å²) < 4.78 is 17.6. The first-order valence-corrected chi connectivity index (χ1v) is 14.1. The van der Waals surface area contributed by atoms with Crippen LogP contribution in [0.15, 0.2) is 99.3 Å². The first kappa shape index (κ1) is 26.4. The molecule has 7 nitrogen and oxygen atoms in total. The first-order valence-electron chi connectivity index (χ1n) is 13.3. The van der Waals surface area contributed by atoms with Gasteiger partial charge in [0, 0.05) is 13.6 Å². The highest BCUT2D eigenvalue weighted by atomic mass is 79.9. The number of piperidine rings is 1. The summed E-state index contributed by atoms with van der Waals surface area (Å²) >= 11 is 3.55. The number of para-hydroxylation sites is 1. The monoisotopic (exact) mass is 601 g/mol. The molecule has 1 aromatic heterocycles. The summed E-state index contributed by atoms with van der Waals surface area (Å²) in [5.74, 6) is -0.323. The molecule has 3 aromatic carbocycles. The lowest BCUT2D eigenvalue weighted by molar-refractivity contribution is -0.138. The van der Waals surface area contributed by atoms with E-state index in [-0.39, 0.29) is 17.3 Å². The molecule has 1 fully saturated rings. The van der Waals surface area contributed by atoms with Gasteiger partial charge in [0.2, 0.25) is 0 Å². The molecule has 4 aromatic rings. The fourth-order valence-corrected chi connectivity index (χ4v) is 6.36. The van der Waals surface area contributed by atoms with Crippen LogP contribution in [0.25, 0.3) is 5.69 Å². The highest BCUT2D eigenvalue weighted by Crippen LogP contribution is 2.42. The predicted octanol–water partition coefficient (Wildman–Crippen LogP) is 5.11. The van der Waals surface area contributed by atoms with E-state index in [4.69, 9.17) is 5.10 Å². The minimum Gasteiger partial charge on any atom is -0.297 e. The summed E-state index contributed by atoms with van der Waals surface area (Å²) in [6.45, 7) is 2.23. The number of hydrogen-bond acceptors (Lipinski definition) is 4. The maximum absolute atomic E-state index is 14.0. The summed E-state index contributed by atoms with van der Waals surface area (Å²) in [7, 11) is 1.90. The van der Waals surface area contributed by atoms with Crippen LogP contribution in [-0.2, 0) is 24.9 Å². The molecule has 3 heterocycles. The van der Waals surface area contributed by atoms with E-state index in [0.717, 1.165) is 28.2 Å². The second kappa shape index (κ2) is 10.6. The van der Waals surface area contributed by atoms with Gasteiger partial charge < -0.3 is 0 Å². The van der Waals surface area contributed by atoms with Gasteiger partial charge in [0.25, 0.3) is 11.5 Å². The fraction of sp³-hybridized carbons (Fsp3) is 0.258. The van der Waals surface area contributed by atoms with Crippen molar-refractivity contribution in [3.8, 4) is 5.69 Å². The number of rotatable bonds is 6. The van der Waals surface area contributed by atoms with Crippen LogP contribution >= 0.6 is 15.9 Å². The van der Waals surface area contributed by atoms with Crippen molar-refractivity contribution in [3.63, 3.8) is 0 Å². The number of amides is 1. The Hall–Kier alpha value is -3.82. The highest BCUT2D eigenvalue weighted by Gasteiger charge is 2.52. The SMILES string of the molecule is Cn1c(CN2CCC3(CC2)C(=O)N(Cc2ccc(F)cc2)N=C3c2ccccc2)c(Br)c(=O)n1-c1ccccc1. The summed E-state index contributed by atoms with van der Waals surface area (Å²) in [5, 5.41) is 6.40. The number of likely N-dealkylation sites (tertiary alicyclic amines) is 1. The van der Waals surface area contributed by atoms with Crippen LogP contribution in [0.1, 0.15) is 29.7 Å². The lowest BCUT2D eigenvalue weighted by atomic mass is 9.72. The maximum Gasteiger partial charge on any atom is 0.286 e. The van der Waals surface area contributed by atoms with E-state index in [1.165, 1.54) is 12.1 Å². The molecule has 2 aliphatic rings. The zero-order chi connectivity index (χ0) is 27.9. The van der Waals surface area contributed by atoms with Crippen molar-refractivity contribution in [1.29, 1.82) is 0 Å². The molecule has 0 N–H and O–H groups in total. The number of halogens is 2. The largest absolute Gasteiger partial charge is 0.297 e. The maximum atomic E-state index is 14.0. The number of benzene rings is 3. The summed E-state index contributed by atoms with van der Waals surface area (Å²) in [6, 6.07) is 25.7. The van der Waals surface area contributed by atoms with Gasteiger partial charge in [0.15, 0.2) is 0 Å². The van der Waals surface area contributed by atoms with E-state index in [1.54, 1.807) is 21.8 Å². The molecule has 9 heteroatoms. The average molecular weight is 603 g/mol. The quantitative estimate of drug-likeness (QED) is 0.309. The van der Waals surface area contributed by atoms with Gasteiger partial charge in [-0.25, -0.2) is 14.1 Å². The van der Waals surface area contributed by atoms with Crippen LogP contribution in [-0.4, -0.2) is 44.0 Å². The molecule has 40 heavy (non-hydrogen) atoms. The van der Waals surface area contributed by atoms with Gasteiger partial charge in [-0.05, 0) is 77.3 Å². The summed E-state index contributed by atoms with van der Waals surface area (Å²) in [4.78, 5) is 29.4. The van der Waals surface area contributed by atoms with Crippen molar-refractivity contribution in [2.75, 3.05) is 13.1 Å². The normalized spacial score (nSPS) is 17.0. The Bertz CT molecular complexity index is 1620. The van der Waals surface area contributed by atoms with Crippen molar-refractivity contribution < 1.29 is 9.18 Å². The van der Waals surface area contributed by atoms with Crippen LogP contribution in [0.2, 0.25) is 0 Å². The summed E-state index contributed by atoms with van der Waals surface area (Å²) in [5.41, 5.74) is 3.43. The van der Waals surface area contributed by atoms with E-state index in [9.17, 15) is 14.0 Å². The Morgan fingerprint density at radius 2 is 1.50 bits per heavy atom. The lowest BCUT2D eigenvalue weighted by Gasteiger charge is -2.38. The van der Waals surface area contributed by atoms with Crippen LogP contribution in [0, 0.1) is 11.2 Å². The smallest absolute Gasteiger partial charge is 0.286 e. The predicted molar refractivity (Wildman–Crippen MR) is 156 cm³/mol. The van der Waals surface area contributed by atoms with Crippen LogP contribution in [0.5, 0.6) is 0 Å². The fourth-order valence-electron chi connectivity index (χ4n) is 5.81. The molecule has 6 rings (SSSR count). The molecule has 0 radical (unpaired) electrons. The van der Waals surface area contributed by atoms with Crippen molar-refractivity contribution >= 4 is 27.5 Å². The van der Waals surface area contributed by atoms with Gasteiger partial charge in [-0.1, -0.05) is 60.7 Å². The molecule has 0 saturated carbocycles. The third-order valence-corrected chi connectivity index (χ3v) is 8.82. The summed E-state index contributed by atoms with van der Waals surface area (Å²) in [6.07, 6.45) is 1.23. The molecule has 204 valence electrons. The molecule has 1 saturated heterocycles. The second-order valence-corrected chi connectivity index (χ2v) is 11.2. The van der Waals surface area contributed by atoms with Gasteiger partial charge in [0.1, 0.15) is 10.3 Å².